The maximum Gasteiger partial charge on any atom is 0.181 e. The van der Waals surface area contributed by atoms with Crippen molar-refractivity contribution < 1.29 is 4.74 Å². The zero-order valence-corrected chi connectivity index (χ0v) is 32.1. The van der Waals surface area contributed by atoms with Crippen molar-refractivity contribution in [3.05, 3.63) is 126 Å². The van der Waals surface area contributed by atoms with Gasteiger partial charge in [-0.2, -0.15) is 0 Å². The molecule has 1 nitrogen and oxygen atoms in total. The van der Waals surface area contributed by atoms with E-state index in [2.05, 4.69) is 118 Å². The third-order valence-corrected chi connectivity index (χ3v) is 15.9. The topological polar surface area (TPSA) is 9.23 Å². The Bertz CT molecular complexity index is 2320. The maximum absolute atomic E-state index is 6.06. The van der Waals surface area contributed by atoms with Crippen molar-refractivity contribution in [2.45, 2.75) is 31.6 Å². The Morgan fingerprint density at radius 2 is 1.02 bits per heavy atom. The Morgan fingerprint density at radius 3 is 1.67 bits per heavy atom. The highest BCUT2D eigenvalue weighted by molar-refractivity contribution is 7.80. The summed E-state index contributed by atoms with van der Waals surface area (Å²) in [6.45, 7) is 6.83. The summed E-state index contributed by atoms with van der Waals surface area (Å²) in [6.07, 6.45) is 0. The number of thiol groups is 1. The van der Waals surface area contributed by atoms with E-state index >= 15 is 0 Å². The molecule has 0 spiro atoms. The normalized spacial score (nSPS) is 11.5. The minimum Gasteiger partial charge on any atom is -0.447 e. The average Bonchev–Trinajstić information content (AvgIpc) is 3.93. The van der Waals surface area contributed by atoms with E-state index in [9.17, 15) is 0 Å². The van der Waals surface area contributed by atoms with Crippen LogP contribution in [0.15, 0.2) is 120 Å². The molecule has 8 heteroatoms. The summed E-state index contributed by atoms with van der Waals surface area (Å²) in [6, 6.07) is 41.1. The minimum absolute atomic E-state index is 0.445. The second-order valence-electron chi connectivity index (χ2n) is 11.7. The summed E-state index contributed by atoms with van der Waals surface area (Å²) >= 11 is 15.6. The van der Waals surface area contributed by atoms with Crippen LogP contribution in [0, 0.1) is 6.92 Å². The number of hydrogen-bond acceptors (Lipinski definition) is 8. The zero-order valence-electron chi connectivity index (χ0n) is 26.4. The van der Waals surface area contributed by atoms with Crippen LogP contribution >= 0.6 is 80.6 Å². The SMILES string of the molecule is Cc1cc(-c2ccc(-c3cc(C(C)C)c(-c4ccc(-c5ccc(-c6ccc(Oc7ccccc7)s6)s5)s4)s3)s2)sc1-c1ccc(S)cc1. The number of thiophene rings is 6. The molecule has 0 radical (unpaired) electrons. The molecule has 48 heavy (non-hydrogen) atoms. The van der Waals surface area contributed by atoms with Crippen LogP contribution < -0.4 is 4.74 Å². The fourth-order valence-electron chi connectivity index (χ4n) is 5.56. The lowest BCUT2D eigenvalue weighted by molar-refractivity contribution is 0.496. The van der Waals surface area contributed by atoms with E-state index in [-0.39, 0.29) is 0 Å². The van der Waals surface area contributed by atoms with Gasteiger partial charge >= 0.3 is 0 Å². The second kappa shape index (κ2) is 13.6. The summed E-state index contributed by atoms with van der Waals surface area (Å²) in [7, 11) is 0. The molecule has 0 N–H and O–H groups in total. The van der Waals surface area contributed by atoms with Gasteiger partial charge in [0.15, 0.2) is 5.06 Å². The summed E-state index contributed by atoms with van der Waals surface area (Å²) in [4.78, 5) is 15.5. The van der Waals surface area contributed by atoms with Gasteiger partial charge in [-0.1, -0.05) is 55.5 Å². The Morgan fingerprint density at radius 1 is 0.500 bits per heavy atom. The number of aryl methyl sites for hydroxylation is 1. The number of rotatable bonds is 9. The van der Waals surface area contributed by atoms with Gasteiger partial charge < -0.3 is 4.74 Å². The van der Waals surface area contributed by atoms with Crippen molar-refractivity contribution in [3.8, 4) is 70.0 Å². The fourth-order valence-corrected chi connectivity index (χ4v) is 12.6. The van der Waals surface area contributed by atoms with Crippen LogP contribution in [0.4, 0.5) is 0 Å². The van der Waals surface area contributed by atoms with Gasteiger partial charge in [0, 0.05) is 58.5 Å². The monoisotopic (exact) mass is 750 g/mol. The predicted molar refractivity (Wildman–Crippen MR) is 219 cm³/mol. The van der Waals surface area contributed by atoms with Gasteiger partial charge in [0.1, 0.15) is 5.75 Å². The molecule has 0 unspecified atom stereocenters. The van der Waals surface area contributed by atoms with Gasteiger partial charge in [0.2, 0.25) is 0 Å². The van der Waals surface area contributed by atoms with Gasteiger partial charge in [0.25, 0.3) is 0 Å². The van der Waals surface area contributed by atoms with Crippen molar-refractivity contribution in [1.82, 2.24) is 0 Å². The molecule has 8 aromatic rings. The van der Waals surface area contributed by atoms with Crippen LogP contribution in [0.25, 0.3) is 59.2 Å². The van der Waals surface area contributed by atoms with Crippen molar-refractivity contribution in [3.63, 3.8) is 0 Å². The molecule has 6 heterocycles. The smallest absolute Gasteiger partial charge is 0.181 e. The molecule has 6 aromatic heterocycles. The first-order valence-electron chi connectivity index (χ1n) is 15.6. The Labute approximate surface area is 310 Å². The lowest BCUT2D eigenvalue weighted by Crippen LogP contribution is -1.84. The molecule has 238 valence electrons. The molecular weight excluding hydrogens is 721 g/mol. The molecule has 2 aromatic carbocycles. The molecule has 0 bridgehead atoms. The Hall–Kier alpha value is -3.21. The maximum atomic E-state index is 6.06. The lowest BCUT2D eigenvalue weighted by atomic mass is 10.0. The van der Waals surface area contributed by atoms with Crippen molar-refractivity contribution >= 4 is 80.6 Å². The van der Waals surface area contributed by atoms with E-state index in [1.165, 1.54) is 70.3 Å². The number of hydrogen-bond donors (Lipinski definition) is 1. The van der Waals surface area contributed by atoms with Crippen LogP contribution in [0.3, 0.4) is 0 Å². The van der Waals surface area contributed by atoms with E-state index in [0.717, 1.165) is 15.7 Å². The third kappa shape index (κ3) is 6.55. The van der Waals surface area contributed by atoms with Crippen LogP contribution in [0.5, 0.6) is 10.8 Å². The summed E-state index contributed by atoms with van der Waals surface area (Å²) in [5.41, 5.74) is 4.00. The van der Waals surface area contributed by atoms with Crippen LogP contribution in [-0.4, -0.2) is 0 Å². The van der Waals surface area contributed by atoms with Gasteiger partial charge in [-0.25, -0.2) is 0 Å². The first-order chi connectivity index (χ1) is 23.4. The fraction of sp³-hybridized carbons (Fsp3) is 0.100. The lowest BCUT2D eigenvalue weighted by Gasteiger charge is -2.04. The zero-order chi connectivity index (χ0) is 32.8. The minimum atomic E-state index is 0.445. The first-order valence-corrected chi connectivity index (χ1v) is 20.9. The van der Waals surface area contributed by atoms with E-state index in [1.54, 1.807) is 11.3 Å². The molecule has 0 saturated carbocycles. The van der Waals surface area contributed by atoms with Crippen molar-refractivity contribution in [2.24, 2.45) is 0 Å². The van der Waals surface area contributed by atoms with Crippen LogP contribution in [0.2, 0.25) is 0 Å². The van der Waals surface area contributed by atoms with Crippen LogP contribution in [-0.2, 0) is 0 Å². The largest absolute Gasteiger partial charge is 0.447 e. The first kappa shape index (κ1) is 32.0. The molecule has 0 aliphatic heterocycles. The molecular formula is C40H30OS7. The quantitative estimate of drug-likeness (QED) is 0.145. The average molecular weight is 751 g/mol. The molecule has 0 aliphatic rings. The Kier molecular flexibility index (Phi) is 9.07. The van der Waals surface area contributed by atoms with Gasteiger partial charge in [-0.15, -0.1) is 69.3 Å². The highest BCUT2D eigenvalue weighted by atomic mass is 32.1. The number of para-hydroxylation sites is 1. The van der Waals surface area contributed by atoms with Crippen molar-refractivity contribution in [2.75, 3.05) is 0 Å². The Balaban J connectivity index is 1.03. The number of ether oxygens (including phenoxy) is 1. The third-order valence-electron chi connectivity index (χ3n) is 7.99. The molecule has 8 rings (SSSR count). The number of benzene rings is 2. The standard InChI is InChI=1S/C40H30OS7/c1-23(2)28-22-37(34-16-15-33(44-34)36-21-24(3)39(47-36)25-9-11-27(42)12-10-25)48-40(28)35-18-17-30(45-35)29-13-14-31(43-29)32-19-20-38(46-32)41-26-7-5-4-6-8-26/h4-23,42H,1-3H3. The molecule has 0 fully saturated rings. The summed E-state index contributed by atoms with van der Waals surface area (Å²) in [5.74, 6) is 1.31. The van der Waals surface area contributed by atoms with Crippen LogP contribution in [0.1, 0.15) is 30.9 Å². The van der Waals surface area contributed by atoms with Gasteiger partial charge in [-0.3, -0.25) is 0 Å². The molecule has 0 atom stereocenters. The molecule has 0 amide bonds. The van der Waals surface area contributed by atoms with E-state index in [4.69, 9.17) is 4.74 Å². The highest BCUT2D eigenvalue weighted by Crippen LogP contribution is 2.49. The second-order valence-corrected chi connectivity index (χ2v) is 18.7. The predicted octanol–water partition coefficient (Wildman–Crippen LogP) is 15.6. The molecule has 0 aliphatic carbocycles. The molecule has 0 saturated heterocycles. The van der Waals surface area contributed by atoms with E-state index in [0.29, 0.717) is 5.92 Å². The van der Waals surface area contributed by atoms with Crippen molar-refractivity contribution in [1.29, 1.82) is 0 Å². The van der Waals surface area contributed by atoms with E-state index < -0.39 is 0 Å². The summed E-state index contributed by atoms with van der Waals surface area (Å²) < 4.78 is 6.06. The van der Waals surface area contributed by atoms with E-state index in [1.807, 2.05) is 87.0 Å². The summed E-state index contributed by atoms with van der Waals surface area (Å²) in [5, 5.41) is 0.909. The van der Waals surface area contributed by atoms with Gasteiger partial charge in [0.05, 0.1) is 0 Å². The van der Waals surface area contributed by atoms with Gasteiger partial charge in [-0.05, 0) is 114 Å². The highest BCUT2D eigenvalue weighted by Gasteiger charge is 2.20.